The summed E-state index contributed by atoms with van der Waals surface area (Å²) in [5.74, 6) is -0.641. The molecule has 0 aliphatic heterocycles. The van der Waals surface area contributed by atoms with Crippen molar-refractivity contribution in [3.05, 3.63) is 34.2 Å². The van der Waals surface area contributed by atoms with Gasteiger partial charge in [0.25, 0.3) is 0 Å². The molecule has 0 N–H and O–H groups in total. The van der Waals surface area contributed by atoms with Gasteiger partial charge < -0.3 is 0 Å². The second-order valence-corrected chi connectivity index (χ2v) is 5.64. The van der Waals surface area contributed by atoms with E-state index >= 15 is 0 Å². The van der Waals surface area contributed by atoms with Gasteiger partial charge in [0.2, 0.25) is 11.6 Å². The molecule has 3 heteroatoms. The average Bonchev–Trinajstić information content (AvgIpc) is 2.41. The summed E-state index contributed by atoms with van der Waals surface area (Å²) >= 11 is 0. The topological polar surface area (TPSA) is 47.0 Å². The van der Waals surface area contributed by atoms with E-state index in [1.165, 1.54) is 0 Å². The summed E-state index contributed by atoms with van der Waals surface area (Å²) in [5.41, 5.74) is 4.06. The molecule has 0 saturated carbocycles. The molecule has 1 heterocycles. The molecule has 2 aliphatic carbocycles. The number of Topliss-reactive ketones (excluding diaryl/α,β-unsaturated/α-hetero) is 2. The van der Waals surface area contributed by atoms with Crippen molar-refractivity contribution in [2.45, 2.75) is 39.5 Å². The van der Waals surface area contributed by atoms with Crippen LogP contribution in [0, 0.1) is 5.92 Å². The molecule has 0 aromatic carbocycles. The van der Waals surface area contributed by atoms with Gasteiger partial charge in [-0.2, -0.15) is 0 Å². The van der Waals surface area contributed by atoms with Crippen molar-refractivity contribution in [2.24, 2.45) is 5.92 Å². The van der Waals surface area contributed by atoms with Gasteiger partial charge in [0.05, 0.1) is 11.3 Å². The van der Waals surface area contributed by atoms with Gasteiger partial charge in [-0.15, -0.1) is 0 Å². The lowest BCUT2D eigenvalue weighted by molar-refractivity contribution is -0.112. The van der Waals surface area contributed by atoms with Gasteiger partial charge in [-0.25, -0.2) is 0 Å². The van der Waals surface area contributed by atoms with E-state index in [1.807, 2.05) is 20.0 Å². The van der Waals surface area contributed by atoms with E-state index in [-0.39, 0.29) is 17.5 Å². The van der Waals surface area contributed by atoms with Gasteiger partial charge >= 0.3 is 0 Å². The van der Waals surface area contributed by atoms with Gasteiger partial charge in [-0.1, -0.05) is 13.8 Å². The summed E-state index contributed by atoms with van der Waals surface area (Å²) in [6.07, 6.45) is 7.78. The first kappa shape index (κ1) is 12.3. The molecule has 0 bridgehead atoms. The van der Waals surface area contributed by atoms with Gasteiger partial charge in [0, 0.05) is 11.8 Å². The van der Waals surface area contributed by atoms with E-state index in [0.717, 1.165) is 36.8 Å². The van der Waals surface area contributed by atoms with Crippen LogP contribution >= 0.6 is 0 Å². The number of nitrogens with zero attached hydrogens (tertiary/aromatic N) is 1. The zero-order chi connectivity index (χ0) is 13.6. The number of hydrogen-bond acceptors (Lipinski definition) is 3. The molecule has 3 nitrogen and oxygen atoms in total. The third kappa shape index (κ3) is 1.84. The number of carbonyl (C=O) groups is 2. The first-order valence-corrected chi connectivity index (χ1v) is 6.91. The predicted octanol–water partition coefficient (Wildman–Crippen LogP) is 2.77. The molecule has 2 aliphatic rings. The highest BCUT2D eigenvalue weighted by atomic mass is 16.2. The monoisotopic (exact) mass is 255 g/mol. The molecule has 0 radical (unpaired) electrons. The minimum Gasteiger partial charge on any atom is -0.285 e. The zero-order valence-corrected chi connectivity index (χ0v) is 11.3. The number of fused-ring (bicyclic) bond motifs is 3. The molecule has 0 unspecified atom stereocenters. The minimum atomic E-state index is -0.354. The number of pyridine rings is 1. The Kier molecular flexibility index (Phi) is 2.85. The highest BCUT2D eigenvalue weighted by Crippen LogP contribution is 2.31. The molecule has 0 saturated heterocycles. The maximum Gasteiger partial charge on any atom is 0.235 e. The van der Waals surface area contributed by atoms with E-state index in [2.05, 4.69) is 4.98 Å². The Balaban J connectivity index is 2.22. The average molecular weight is 255 g/mol. The molecule has 1 aromatic heterocycles. The van der Waals surface area contributed by atoms with Crippen molar-refractivity contribution in [1.82, 2.24) is 4.98 Å². The molecule has 0 amide bonds. The number of allylic oxidation sites excluding steroid dienone is 1. The van der Waals surface area contributed by atoms with Crippen LogP contribution in [0.4, 0.5) is 0 Å². The Bertz CT molecular complexity index is 611. The minimum absolute atomic E-state index is 0.0578. The Morgan fingerprint density at radius 1 is 1.11 bits per heavy atom. The van der Waals surface area contributed by atoms with Crippen LogP contribution in [0.2, 0.25) is 0 Å². The standard InChI is InChI=1S/C16H17NO2/c1-9(2)12-7-13-14(16(19)15(12)18)11-6-4-3-5-10(11)8-17-13/h7-9H,3-6H2,1-2H3. The third-order valence-electron chi connectivity index (χ3n) is 4.04. The largest absolute Gasteiger partial charge is 0.285 e. The number of hydrogen-bond donors (Lipinski definition) is 0. The number of aryl methyl sites for hydroxylation is 1. The Morgan fingerprint density at radius 3 is 2.58 bits per heavy atom. The van der Waals surface area contributed by atoms with E-state index in [4.69, 9.17) is 0 Å². The summed E-state index contributed by atoms with van der Waals surface area (Å²) in [5, 5.41) is 0. The van der Waals surface area contributed by atoms with E-state index in [0.29, 0.717) is 16.8 Å². The fraction of sp³-hybridized carbons (Fsp3) is 0.438. The first-order chi connectivity index (χ1) is 9.09. The van der Waals surface area contributed by atoms with E-state index < -0.39 is 0 Å². The van der Waals surface area contributed by atoms with E-state index in [1.54, 1.807) is 6.08 Å². The second-order valence-electron chi connectivity index (χ2n) is 5.64. The van der Waals surface area contributed by atoms with Crippen molar-refractivity contribution in [3.63, 3.8) is 0 Å². The molecular weight excluding hydrogens is 238 g/mol. The molecule has 3 rings (SSSR count). The van der Waals surface area contributed by atoms with E-state index in [9.17, 15) is 9.59 Å². The molecule has 0 atom stereocenters. The van der Waals surface area contributed by atoms with Gasteiger partial charge in [0.1, 0.15) is 0 Å². The highest BCUT2D eigenvalue weighted by Gasteiger charge is 2.33. The number of carbonyl (C=O) groups excluding carboxylic acids is 2. The Labute approximate surface area is 112 Å². The van der Waals surface area contributed by atoms with Crippen molar-refractivity contribution in [3.8, 4) is 0 Å². The summed E-state index contributed by atoms with van der Waals surface area (Å²) in [7, 11) is 0. The first-order valence-electron chi connectivity index (χ1n) is 6.91. The van der Waals surface area contributed by atoms with Gasteiger partial charge in [0.15, 0.2) is 0 Å². The maximum absolute atomic E-state index is 12.4. The van der Waals surface area contributed by atoms with Crippen molar-refractivity contribution in [1.29, 1.82) is 0 Å². The zero-order valence-electron chi connectivity index (χ0n) is 11.3. The molecular formula is C16H17NO2. The van der Waals surface area contributed by atoms with Crippen LogP contribution in [-0.2, 0) is 17.6 Å². The number of rotatable bonds is 1. The van der Waals surface area contributed by atoms with Crippen LogP contribution in [0.3, 0.4) is 0 Å². The smallest absolute Gasteiger partial charge is 0.235 e. The van der Waals surface area contributed by atoms with Crippen LogP contribution in [0.1, 0.15) is 53.9 Å². The van der Waals surface area contributed by atoms with Gasteiger partial charge in [-0.3, -0.25) is 14.6 Å². The highest BCUT2D eigenvalue weighted by molar-refractivity contribution is 6.52. The number of ketones is 2. The van der Waals surface area contributed by atoms with Crippen LogP contribution in [0.5, 0.6) is 0 Å². The van der Waals surface area contributed by atoms with Crippen LogP contribution in [0.15, 0.2) is 11.8 Å². The fourth-order valence-corrected chi connectivity index (χ4v) is 2.97. The quantitative estimate of drug-likeness (QED) is 0.725. The van der Waals surface area contributed by atoms with Crippen molar-refractivity contribution in [2.75, 3.05) is 0 Å². The van der Waals surface area contributed by atoms with Crippen LogP contribution in [0.25, 0.3) is 6.08 Å². The Morgan fingerprint density at radius 2 is 1.84 bits per heavy atom. The third-order valence-corrected chi connectivity index (χ3v) is 4.04. The normalized spacial score (nSPS) is 18.2. The lowest BCUT2D eigenvalue weighted by Crippen LogP contribution is -2.27. The summed E-state index contributed by atoms with van der Waals surface area (Å²) in [4.78, 5) is 28.9. The molecule has 0 spiro atoms. The molecule has 1 aromatic rings. The lowest BCUT2D eigenvalue weighted by Gasteiger charge is -2.23. The fourth-order valence-electron chi connectivity index (χ4n) is 2.97. The van der Waals surface area contributed by atoms with Crippen LogP contribution in [-0.4, -0.2) is 16.6 Å². The summed E-state index contributed by atoms with van der Waals surface area (Å²) in [6.45, 7) is 3.86. The molecule has 19 heavy (non-hydrogen) atoms. The van der Waals surface area contributed by atoms with Crippen molar-refractivity contribution < 1.29 is 9.59 Å². The summed E-state index contributed by atoms with van der Waals surface area (Å²) < 4.78 is 0. The SMILES string of the molecule is CC(C)C1=Cc2ncc3c(c2C(=O)C1=O)CCCC3. The summed E-state index contributed by atoms with van der Waals surface area (Å²) in [6, 6.07) is 0. The number of aromatic nitrogens is 1. The van der Waals surface area contributed by atoms with Gasteiger partial charge in [-0.05, 0) is 48.8 Å². The predicted molar refractivity (Wildman–Crippen MR) is 73.0 cm³/mol. The lowest BCUT2D eigenvalue weighted by atomic mass is 9.81. The second kappa shape index (κ2) is 4.41. The Hall–Kier alpha value is -1.77. The van der Waals surface area contributed by atoms with Crippen molar-refractivity contribution >= 4 is 17.6 Å². The maximum atomic E-state index is 12.4. The molecule has 98 valence electrons. The van der Waals surface area contributed by atoms with Crippen LogP contribution < -0.4 is 0 Å². The molecule has 0 fully saturated rings.